The summed E-state index contributed by atoms with van der Waals surface area (Å²) in [7, 11) is 3.38. The number of nitrogens with zero attached hydrogens (tertiary/aromatic N) is 6. The zero-order chi connectivity index (χ0) is 25.7. The third-order valence-electron chi connectivity index (χ3n) is 7.24. The Bertz CT molecular complexity index is 1600. The number of ether oxygens (including phenoxy) is 2. The van der Waals surface area contributed by atoms with Crippen molar-refractivity contribution in [3.63, 3.8) is 0 Å². The van der Waals surface area contributed by atoms with Crippen molar-refractivity contribution in [3.8, 4) is 17.1 Å². The summed E-state index contributed by atoms with van der Waals surface area (Å²) in [6.07, 6.45) is 4.85. The van der Waals surface area contributed by atoms with E-state index in [4.69, 9.17) is 14.5 Å². The SMILES string of the molecule is COc1nccc2c3ncc(-c4c(C)nnn4C)cc3n(C(c3cc(F)ccc3F)C3CCOCC3)c12. The fraction of sp³-hybridized carbons (Fsp3) is 0.333. The van der Waals surface area contributed by atoms with Crippen LogP contribution >= 0.6 is 0 Å². The van der Waals surface area contributed by atoms with Gasteiger partial charge in [0.1, 0.15) is 17.2 Å². The molecule has 4 aromatic heterocycles. The van der Waals surface area contributed by atoms with Crippen LogP contribution in [0, 0.1) is 24.5 Å². The predicted octanol–water partition coefficient (Wildman–Crippen LogP) is 4.99. The quantitative estimate of drug-likeness (QED) is 0.336. The average Bonchev–Trinajstić information content (AvgIpc) is 3.42. The lowest BCUT2D eigenvalue weighted by molar-refractivity contribution is 0.0547. The Hall–Kier alpha value is -3.92. The van der Waals surface area contributed by atoms with Crippen LogP contribution in [0.4, 0.5) is 8.78 Å². The van der Waals surface area contributed by atoms with Gasteiger partial charge in [0.25, 0.3) is 0 Å². The number of halogens is 2. The summed E-state index contributed by atoms with van der Waals surface area (Å²) < 4.78 is 45.1. The number of hydrogen-bond donors (Lipinski definition) is 0. The standard InChI is InChI=1S/C27H26F2N6O2/c1-15-24(34(2)33-32-15)17-12-22-23(31-14-17)19-6-9-30-27(36-3)26(19)35(22)25(16-7-10-37-11-8-16)20-13-18(28)4-5-21(20)29/h4-6,9,12-14,16,25H,7-8,10-11H2,1-3H3. The normalized spacial score (nSPS) is 15.5. The molecule has 1 fully saturated rings. The average molecular weight is 505 g/mol. The van der Waals surface area contributed by atoms with E-state index >= 15 is 4.39 Å². The fourth-order valence-electron chi connectivity index (χ4n) is 5.62. The molecule has 8 nitrogen and oxygen atoms in total. The molecule has 0 bridgehead atoms. The van der Waals surface area contributed by atoms with Gasteiger partial charge in [-0.15, -0.1) is 5.10 Å². The number of fused-ring (bicyclic) bond motifs is 3. The number of hydrogen-bond acceptors (Lipinski definition) is 6. The van der Waals surface area contributed by atoms with Crippen molar-refractivity contribution < 1.29 is 18.3 Å². The lowest BCUT2D eigenvalue weighted by Crippen LogP contribution is -2.27. The first-order valence-corrected chi connectivity index (χ1v) is 12.2. The van der Waals surface area contributed by atoms with E-state index < -0.39 is 17.7 Å². The Balaban J connectivity index is 1.72. The summed E-state index contributed by atoms with van der Waals surface area (Å²) in [5.41, 5.74) is 4.86. The molecule has 6 rings (SSSR count). The van der Waals surface area contributed by atoms with Gasteiger partial charge in [0, 0.05) is 49.2 Å². The minimum absolute atomic E-state index is 0.0162. The van der Waals surface area contributed by atoms with Crippen molar-refractivity contribution >= 4 is 21.9 Å². The molecule has 1 atom stereocenters. The molecule has 0 N–H and O–H groups in total. The maximum atomic E-state index is 15.5. The zero-order valence-corrected chi connectivity index (χ0v) is 20.8. The van der Waals surface area contributed by atoms with Crippen LogP contribution in [-0.2, 0) is 11.8 Å². The number of aromatic nitrogens is 6. The summed E-state index contributed by atoms with van der Waals surface area (Å²) in [6, 6.07) is 6.98. The van der Waals surface area contributed by atoms with Crippen molar-refractivity contribution in [2.24, 2.45) is 13.0 Å². The molecule has 0 amide bonds. The van der Waals surface area contributed by atoms with Crippen LogP contribution in [0.3, 0.4) is 0 Å². The van der Waals surface area contributed by atoms with E-state index in [9.17, 15) is 4.39 Å². The second kappa shape index (κ2) is 9.19. The molecular formula is C27H26F2N6O2. The maximum absolute atomic E-state index is 15.5. The van der Waals surface area contributed by atoms with E-state index in [-0.39, 0.29) is 11.5 Å². The summed E-state index contributed by atoms with van der Waals surface area (Å²) in [6.45, 7) is 2.99. The molecule has 0 radical (unpaired) electrons. The van der Waals surface area contributed by atoms with Gasteiger partial charge in [-0.1, -0.05) is 5.21 Å². The minimum Gasteiger partial charge on any atom is -0.479 e. The number of benzene rings is 1. The zero-order valence-electron chi connectivity index (χ0n) is 20.8. The van der Waals surface area contributed by atoms with Crippen molar-refractivity contribution in [1.29, 1.82) is 0 Å². The van der Waals surface area contributed by atoms with Crippen LogP contribution in [0.5, 0.6) is 5.88 Å². The largest absolute Gasteiger partial charge is 0.479 e. The first kappa shape index (κ1) is 23.5. The second-order valence-electron chi connectivity index (χ2n) is 9.39. The molecule has 1 aliphatic heterocycles. The third kappa shape index (κ3) is 3.83. The Morgan fingerprint density at radius 3 is 2.65 bits per heavy atom. The molecule has 1 saturated heterocycles. The van der Waals surface area contributed by atoms with E-state index in [0.717, 1.165) is 39.4 Å². The molecule has 0 spiro atoms. The molecule has 1 aromatic carbocycles. The first-order valence-electron chi connectivity index (χ1n) is 12.2. The molecule has 1 aliphatic rings. The van der Waals surface area contributed by atoms with Crippen LogP contribution in [0.2, 0.25) is 0 Å². The minimum atomic E-state index is -0.541. The number of methoxy groups -OCH3 is 1. The maximum Gasteiger partial charge on any atom is 0.238 e. The van der Waals surface area contributed by atoms with Gasteiger partial charge >= 0.3 is 0 Å². The predicted molar refractivity (Wildman–Crippen MR) is 134 cm³/mol. The molecule has 0 saturated carbocycles. The van der Waals surface area contributed by atoms with E-state index in [0.29, 0.717) is 37.5 Å². The molecule has 1 unspecified atom stereocenters. The van der Waals surface area contributed by atoms with Crippen molar-refractivity contribution in [3.05, 3.63) is 65.6 Å². The lowest BCUT2D eigenvalue weighted by Gasteiger charge is -2.33. The Kier molecular flexibility index (Phi) is 5.83. The van der Waals surface area contributed by atoms with Crippen molar-refractivity contribution in [1.82, 2.24) is 29.5 Å². The van der Waals surface area contributed by atoms with Gasteiger partial charge in [-0.25, -0.2) is 18.4 Å². The highest BCUT2D eigenvalue weighted by Crippen LogP contribution is 2.43. The van der Waals surface area contributed by atoms with E-state index in [1.54, 1.807) is 24.2 Å². The van der Waals surface area contributed by atoms with Crippen LogP contribution in [0.25, 0.3) is 33.2 Å². The molecule has 37 heavy (non-hydrogen) atoms. The van der Waals surface area contributed by atoms with E-state index in [1.165, 1.54) is 12.1 Å². The van der Waals surface area contributed by atoms with Crippen molar-refractivity contribution in [2.45, 2.75) is 25.8 Å². The molecular weight excluding hydrogens is 478 g/mol. The Morgan fingerprint density at radius 2 is 1.92 bits per heavy atom. The highest BCUT2D eigenvalue weighted by Gasteiger charge is 2.33. The lowest BCUT2D eigenvalue weighted by atomic mass is 9.86. The molecule has 0 aliphatic carbocycles. The number of aryl methyl sites for hydroxylation is 2. The van der Waals surface area contributed by atoms with Gasteiger partial charge in [-0.2, -0.15) is 0 Å². The van der Waals surface area contributed by atoms with Gasteiger partial charge in [0.15, 0.2) is 0 Å². The third-order valence-corrected chi connectivity index (χ3v) is 7.24. The smallest absolute Gasteiger partial charge is 0.238 e. The van der Waals surface area contributed by atoms with Crippen molar-refractivity contribution in [2.75, 3.05) is 20.3 Å². The van der Waals surface area contributed by atoms with E-state index in [1.807, 2.05) is 30.7 Å². The number of pyridine rings is 2. The number of rotatable bonds is 5. The van der Waals surface area contributed by atoms with Gasteiger partial charge in [-0.3, -0.25) is 4.98 Å². The highest BCUT2D eigenvalue weighted by molar-refractivity contribution is 6.08. The summed E-state index contributed by atoms with van der Waals surface area (Å²) in [5, 5.41) is 9.15. The van der Waals surface area contributed by atoms with Crippen LogP contribution in [-0.4, -0.2) is 49.9 Å². The van der Waals surface area contributed by atoms with Crippen LogP contribution in [0.15, 0.2) is 42.7 Å². The van der Waals surface area contributed by atoms with Gasteiger partial charge in [-0.05, 0) is 56.0 Å². The summed E-state index contributed by atoms with van der Waals surface area (Å²) in [5.74, 6) is -0.580. The molecule has 5 heterocycles. The Morgan fingerprint density at radius 1 is 1.11 bits per heavy atom. The molecule has 5 aromatic rings. The van der Waals surface area contributed by atoms with Crippen LogP contribution < -0.4 is 4.74 Å². The summed E-state index contributed by atoms with van der Waals surface area (Å²) in [4.78, 5) is 9.29. The monoisotopic (exact) mass is 504 g/mol. The Labute approximate surface area is 211 Å². The molecule has 190 valence electrons. The summed E-state index contributed by atoms with van der Waals surface area (Å²) >= 11 is 0. The fourth-order valence-corrected chi connectivity index (χ4v) is 5.62. The van der Waals surface area contributed by atoms with Gasteiger partial charge < -0.3 is 14.0 Å². The second-order valence-corrected chi connectivity index (χ2v) is 9.39. The van der Waals surface area contributed by atoms with Crippen LogP contribution in [0.1, 0.15) is 30.1 Å². The van der Waals surface area contributed by atoms with Gasteiger partial charge in [0.2, 0.25) is 5.88 Å². The van der Waals surface area contributed by atoms with E-state index in [2.05, 4.69) is 15.3 Å². The highest BCUT2D eigenvalue weighted by atomic mass is 19.1. The topological polar surface area (TPSA) is 79.9 Å². The molecule has 10 heteroatoms. The first-order chi connectivity index (χ1) is 18.0. The van der Waals surface area contributed by atoms with Gasteiger partial charge in [0.05, 0.1) is 35.6 Å².